The van der Waals surface area contributed by atoms with Gasteiger partial charge in [0.05, 0.1) is 17.3 Å². The quantitative estimate of drug-likeness (QED) is 0.140. The highest BCUT2D eigenvalue weighted by Gasteiger charge is 2.53. The average Bonchev–Trinajstić information content (AvgIpc) is 3.56. The van der Waals surface area contributed by atoms with Gasteiger partial charge in [0.15, 0.2) is 21.5 Å². The Hall–Kier alpha value is -4.47. The van der Waals surface area contributed by atoms with E-state index in [0.29, 0.717) is 36.8 Å². The Labute approximate surface area is 289 Å². The van der Waals surface area contributed by atoms with Crippen LogP contribution in [0.5, 0.6) is 5.75 Å². The van der Waals surface area contributed by atoms with Gasteiger partial charge in [0.25, 0.3) is 5.91 Å². The number of hydrogen-bond acceptors (Lipinski definition) is 7. The number of ether oxygens (including phenoxy) is 2. The lowest BCUT2D eigenvalue weighted by atomic mass is 9.84. The molecule has 6 rings (SSSR count). The maximum absolute atomic E-state index is 14.6. The lowest BCUT2D eigenvalue weighted by Crippen LogP contribution is -2.50. The Morgan fingerprint density at radius 1 is 0.837 bits per heavy atom. The van der Waals surface area contributed by atoms with E-state index < -0.39 is 21.5 Å². The Morgan fingerprint density at radius 3 is 2.14 bits per heavy atom. The van der Waals surface area contributed by atoms with Crippen LogP contribution >= 0.6 is 0 Å². The Kier molecular flexibility index (Phi) is 11.1. The lowest BCUT2D eigenvalue weighted by Gasteiger charge is -2.32. The third-order valence-corrected chi connectivity index (χ3v) is 11.2. The summed E-state index contributed by atoms with van der Waals surface area (Å²) in [4.78, 5) is 19.8. The van der Waals surface area contributed by atoms with Crippen molar-refractivity contribution in [2.45, 2.75) is 61.5 Å². The molecule has 0 unspecified atom stereocenters. The van der Waals surface area contributed by atoms with E-state index in [1.807, 2.05) is 66.7 Å². The van der Waals surface area contributed by atoms with Gasteiger partial charge >= 0.3 is 0 Å². The van der Waals surface area contributed by atoms with Crippen LogP contribution in [0.4, 0.5) is 0 Å². The standard InChI is InChI=1S/C40H44N2O6S/c43-26-10-27-47-35-23-21-34(22-24-35)38-42-40(39(44)41-29-30-11-4-1-5-12-30,25-28-49(45,46)36-15-8-3-9-16-36)37(48-38)33-19-17-32(18-20-33)31-13-6-2-7-14-31/h2-3,6-9,13-24,30,37,43H,1,4-5,10-12,25-29H2,(H,41,44)/t37-,40-/m1/s1. The summed E-state index contributed by atoms with van der Waals surface area (Å²) >= 11 is 0. The van der Waals surface area contributed by atoms with Crippen LogP contribution in [0.2, 0.25) is 0 Å². The summed E-state index contributed by atoms with van der Waals surface area (Å²) in [6, 6.07) is 33.5. The van der Waals surface area contributed by atoms with Gasteiger partial charge in [0, 0.05) is 31.6 Å². The molecular formula is C40H44N2O6S. The summed E-state index contributed by atoms with van der Waals surface area (Å²) in [6.45, 7) is 0.937. The number of nitrogens with zero attached hydrogens (tertiary/aromatic N) is 1. The zero-order valence-electron chi connectivity index (χ0n) is 27.7. The fourth-order valence-electron chi connectivity index (χ4n) is 6.67. The third kappa shape index (κ3) is 8.23. The average molecular weight is 681 g/mol. The molecule has 8 nitrogen and oxygen atoms in total. The molecule has 2 aliphatic rings. The van der Waals surface area contributed by atoms with Crippen molar-refractivity contribution < 1.29 is 27.8 Å². The second-order valence-electron chi connectivity index (χ2n) is 12.9. The van der Waals surface area contributed by atoms with Crippen LogP contribution < -0.4 is 10.1 Å². The van der Waals surface area contributed by atoms with Crippen molar-refractivity contribution in [2.24, 2.45) is 10.9 Å². The first-order valence-electron chi connectivity index (χ1n) is 17.2. The van der Waals surface area contributed by atoms with Gasteiger partial charge in [-0.05, 0) is 71.8 Å². The topological polar surface area (TPSA) is 114 Å². The summed E-state index contributed by atoms with van der Waals surface area (Å²) in [6.07, 6.45) is 5.18. The van der Waals surface area contributed by atoms with Crippen LogP contribution in [0.3, 0.4) is 0 Å². The van der Waals surface area contributed by atoms with E-state index >= 15 is 0 Å². The van der Waals surface area contributed by atoms with Crippen LogP contribution in [0, 0.1) is 5.92 Å². The van der Waals surface area contributed by atoms with E-state index in [-0.39, 0.29) is 35.5 Å². The largest absolute Gasteiger partial charge is 0.494 e. The molecule has 4 aromatic rings. The number of aliphatic hydroxyl groups is 1. The van der Waals surface area contributed by atoms with Crippen LogP contribution in [0.25, 0.3) is 11.1 Å². The van der Waals surface area contributed by atoms with Gasteiger partial charge in [0.1, 0.15) is 5.75 Å². The molecule has 256 valence electrons. The molecule has 1 heterocycles. The zero-order valence-corrected chi connectivity index (χ0v) is 28.5. The monoisotopic (exact) mass is 680 g/mol. The number of carbonyl (C=O) groups is 1. The molecule has 4 aromatic carbocycles. The summed E-state index contributed by atoms with van der Waals surface area (Å²) in [5, 5.41) is 12.3. The van der Waals surface area contributed by atoms with Gasteiger partial charge in [-0.1, -0.05) is 92.1 Å². The first-order valence-corrected chi connectivity index (χ1v) is 18.9. The Bertz CT molecular complexity index is 1810. The fourth-order valence-corrected chi connectivity index (χ4v) is 8.06. The normalized spacial score (nSPS) is 19.5. The molecule has 0 radical (unpaired) electrons. The summed E-state index contributed by atoms with van der Waals surface area (Å²) in [5.74, 6) is 0.649. The minimum absolute atomic E-state index is 0.0430. The van der Waals surface area contributed by atoms with Crippen molar-refractivity contribution >= 4 is 21.6 Å². The lowest BCUT2D eigenvalue weighted by molar-refractivity contribution is -0.129. The zero-order chi connectivity index (χ0) is 34.1. The number of rotatable bonds is 14. The highest BCUT2D eigenvalue weighted by atomic mass is 32.2. The molecule has 0 bridgehead atoms. The highest BCUT2D eigenvalue weighted by Crippen LogP contribution is 2.44. The summed E-state index contributed by atoms with van der Waals surface area (Å²) in [7, 11) is -3.74. The predicted molar refractivity (Wildman–Crippen MR) is 191 cm³/mol. The Morgan fingerprint density at radius 2 is 1.47 bits per heavy atom. The van der Waals surface area contributed by atoms with Crippen molar-refractivity contribution in [1.29, 1.82) is 0 Å². The second-order valence-corrected chi connectivity index (χ2v) is 15.0. The van der Waals surface area contributed by atoms with E-state index in [9.17, 15) is 13.2 Å². The van der Waals surface area contributed by atoms with E-state index in [1.165, 1.54) is 6.42 Å². The van der Waals surface area contributed by atoms with Gasteiger partial charge in [-0.3, -0.25) is 4.79 Å². The SMILES string of the molecule is O=C(NCC1CCCCC1)[C@]1(CCS(=O)(=O)c2ccccc2)N=C(c2ccc(OCCCO)cc2)O[C@@H]1c1ccc(-c2ccccc2)cc1. The van der Waals surface area contributed by atoms with Gasteiger partial charge < -0.3 is 19.9 Å². The number of aliphatic imine (C=N–C) groups is 1. The van der Waals surface area contributed by atoms with Crippen molar-refractivity contribution in [1.82, 2.24) is 5.32 Å². The maximum Gasteiger partial charge on any atom is 0.252 e. The number of carbonyl (C=O) groups excluding carboxylic acids is 1. The predicted octanol–water partition coefficient (Wildman–Crippen LogP) is 6.93. The Balaban J connectivity index is 1.38. The molecule has 1 amide bonds. The molecule has 2 atom stereocenters. The van der Waals surface area contributed by atoms with Crippen LogP contribution in [-0.2, 0) is 19.4 Å². The number of sulfone groups is 1. The number of nitrogens with one attached hydrogen (secondary N) is 1. The molecule has 0 aromatic heterocycles. The highest BCUT2D eigenvalue weighted by molar-refractivity contribution is 7.91. The van der Waals surface area contributed by atoms with Crippen LogP contribution in [0.15, 0.2) is 119 Å². The fraction of sp³-hybridized carbons (Fsp3) is 0.350. The second kappa shape index (κ2) is 15.8. The van der Waals surface area contributed by atoms with Crippen LogP contribution in [-0.4, -0.2) is 56.4 Å². The van der Waals surface area contributed by atoms with Gasteiger partial charge in [-0.15, -0.1) is 0 Å². The number of benzene rings is 4. The van der Waals surface area contributed by atoms with Crippen molar-refractivity contribution in [3.8, 4) is 16.9 Å². The smallest absolute Gasteiger partial charge is 0.252 e. The van der Waals surface area contributed by atoms with Crippen molar-refractivity contribution in [2.75, 3.05) is 25.5 Å². The molecule has 2 N–H and O–H groups in total. The van der Waals surface area contributed by atoms with Crippen molar-refractivity contribution in [3.05, 3.63) is 120 Å². The number of amides is 1. The van der Waals surface area contributed by atoms with Gasteiger partial charge in [0.2, 0.25) is 5.90 Å². The molecule has 1 saturated carbocycles. The van der Waals surface area contributed by atoms with E-state index in [1.54, 1.807) is 42.5 Å². The van der Waals surface area contributed by atoms with E-state index in [4.69, 9.17) is 19.6 Å². The third-order valence-electron chi connectivity index (χ3n) is 9.48. The van der Waals surface area contributed by atoms with E-state index in [0.717, 1.165) is 42.4 Å². The van der Waals surface area contributed by atoms with E-state index in [2.05, 4.69) is 5.32 Å². The van der Waals surface area contributed by atoms with Crippen LogP contribution in [0.1, 0.15) is 62.2 Å². The molecule has 1 fully saturated rings. The number of hydrogen-bond donors (Lipinski definition) is 2. The van der Waals surface area contributed by atoms with Gasteiger partial charge in [-0.25, -0.2) is 13.4 Å². The number of aliphatic hydroxyl groups excluding tert-OH is 1. The first kappa shape index (κ1) is 34.4. The van der Waals surface area contributed by atoms with Gasteiger partial charge in [-0.2, -0.15) is 0 Å². The minimum atomic E-state index is -3.74. The minimum Gasteiger partial charge on any atom is -0.494 e. The first-order chi connectivity index (χ1) is 23.9. The summed E-state index contributed by atoms with van der Waals surface area (Å²) in [5.41, 5.74) is 1.90. The summed E-state index contributed by atoms with van der Waals surface area (Å²) < 4.78 is 39.7. The van der Waals surface area contributed by atoms with Crippen molar-refractivity contribution in [3.63, 3.8) is 0 Å². The molecular weight excluding hydrogens is 637 g/mol. The molecule has 0 spiro atoms. The molecule has 0 saturated heterocycles. The maximum atomic E-state index is 14.6. The molecule has 49 heavy (non-hydrogen) atoms. The molecule has 1 aliphatic carbocycles. The molecule has 9 heteroatoms. The molecule has 1 aliphatic heterocycles.